The van der Waals surface area contributed by atoms with Crippen LogP contribution in [-0.2, 0) is 19.1 Å². The summed E-state index contributed by atoms with van der Waals surface area (Å²) in [6.07, 6.45) is 7.51. The Bertz CT molecular complexity index is 332. The van der Waals surface area contributed by atoms with Gasteiger partial charge in [0.05, 0.1) is 14.2 Å². The van der Waals surface area contributed by atoms with Crippen LogP contribution in [0.2, 0.25) is 0 Å². The van der Waals surface area contributed by atoms with Crippen molar-refractivity contribution in [2.45, 2.75) is 64.0 Å². The van der Waals surface area contributed by atoms with Crippen LogP contribution in [0.15, 0.2) is 0 Å². The summed E-state index contributed by atoms with van der Waals surface area (Å²) < 4.78 is 23.9. The van der Waals surface area contributed by atoms with E-state index in [1.807, 2.05) is 0 Å². The maximum atomic E-state index is 14.9. The Morgan fingerprint density at radius 3 is 2.00 bits per heavy atom. The molecule has 5 heteroatoms. The number of halogens is 1. The Morgan fingerprint density at radius 2 is 1.57 bits per heavy atom. The number of methoxy groups -OCH3 is 2. The van der Waals surface area contributed by atoms with Gasteiger partial charge in [-0.1, -0.05) is 45.4 Å². The molecule has 0 aliphatic heterocycles. The van der Waals surface area contributed by atoms with Crippen LogP contribution in [0, 0.1) is 11.8 Å². The summed E-state index contributed by atoms with van der Waals surface area (Å²) in [6, 6.07) is 0. The monoisotopic (exact) mass is 302 g/mol. The fraction of sp³-hybridized carbons (Fsp3) is 0.875. The second-order valence-electron chi connectivity index (χ2n) is 5.91. The Morgan fingerprint density at radius 1 is 1.05 bits per heavy atom. The molecule has 122 valence electrons. The van der Waals surface area contributed by atoms with Crippen molar-refractivity contribution in [1.82, 2.24) is 0 Å². The minimum Gasteiger partial charge on any atom is -0.466 e. The topological polar surface area (TPSA) is 52.6 Å². The molecule has 0 aromatic heterocycles. The lowest BCUT2D eigenvalue weighted by molar-refractivity contribution is -0.178. The van der Waals surface area contributed by atoms with E-state index in [2.05, 4.69) is 16.4 Å². The van der Waals surface area contributed by atoms with Gasteiger partial charge in [0.25, 0.3) is 0 Å². The molecule has 0 spiro atoms. The highest BCUT2D eigenvalue weighted by atomic mass is 19.1. The fourth-order valence-electron chi connectivity index (χ4n) is 3.25. The first kappa shape index (κ1) is 17.9. The predicted molar refractivity (Wildman–Crippen MR) is 77.5 cm³/mol. The average Bonchev–Trinajstić information content (AvgIpc) is 2.53. The van der Waals surface area contributed by atoms with E-state index in [-0.39, 0.29) is 0 Å². The van der Waals surface area contributed by atoms with Crippen LogP contribution in [0.5, 0.6) is 0 Å². The van der Waals surface area contributed by atoms with Crippen molar-refractivity contribution in [2.75, 3.05) is 14.2 Å². The fourth-order valence-corrected chi connectivity index (χ4v) is 3.25. The number of carbonyl (C=O) groups excluding carboxylic acids is 2. The minimum atomic E-state index is -2.65. The number of carbonyl (C=O) groups is 2. The van der Waals surface area contributed by atoms with Crippen molar-refractivity contribution in [3.8, 4) is 0 Å². The Hall–Kier alpha value is -1.13. The van der Waals surface area contributed by atoms with E-state index in [1.54, 1.807) is 0 Å². The van der Waals surface area contributed by atoms with E-state index in [1.165, 1.54) is 19.3 Å². The molecule has 1 rings (SSSR count). The van der Waals surface area contributed by atoms with E-state index in [9.17, 15) is 14.0 Å². The normalized spacial score (nSPS) is 22.7. The molecule has 4 nitrogen and oxygen atoms in total. The van der Waals surface area contributed by atoms with Gasteiger partial charge in [0.15, 0.2) is 0 Å². The molecule has 1 fully saturated rings. The molecule has 0 N–H and O–H groups in total. The summed E-state index contributed by atoms with van der Waals surface area (Å²) in [5, 5.41) is 0. The number of hydrogen-bond donors (Lipinski definition) is 0. The number of unbranched alkanes of at least 4 members (excludes halogenated alkanes) is 2. The van der Waals surface area contributed by atoms with E-state index in [0.29, 0.717) is 18.8 Å². The molecule has 0 saturated heterocycles. The third kappa shape index (κ3) is 4.17. The molecule has 21 heavy (non-hydrogen) atoms. The van der Waals surface area contributed by atoms with Gasteiger partial charge in [-0.2, -0.15) is 0 Å². The average molecular weight is 302 g/mol. The summed E-state index contributed by atoms with van der Waals surface area (Å²) in [6.45, 7) is 2.17. The van der Waals surface area contributed by atoms with Crippen molar-refractivity contribution in [1.29, 1.82) is 0 Å². The Kier molecular flexibility index (Phi) is 7.12. The third-order valence-electron chi connectivity index (χ3n) is 4.59. The van der Waals surface area contributed by atoms with E-state index in [0.717, 1.165) is 33.5 Å². The summed E-state index contributed by atoms with van der Waals surface area (Å²) in [5.41, 5.74) is -2.65. The molecule has 1 aliphatic rings. The lowest BCUT2D eigenvalue weighted by Gasteiger charge is -2.34. The molecule has 0 radical (unpaired) electrons. The second-order valence-corrected chi connectivity index (χ2v) is 5.91. The lowest BCUT2D eigenvalue weighted by Crippen LogP contribution is -2.51. The summed E-state index contributed by atoms with van der Waals surface area (Å²) >= 11 is 0. The van der Waals surface area contributed by atoms with Gasteiger partial charge in [0.2, 0.25) is 0 Å². The largest absolute Gasteiger partial charge is 0.466 e. The molecule has 1 aliphatic carbocycles. The van der Waals surface area contributed by atoms with Gasteiger partial charge in [0, 0.05) is 5.92 Å². The molecular weight excluding hydrogens is 275 g/mol. The van der Waals surface area contributed by atoms with Crippen LogP contribution in [0.25, 0.3) is 0 Å². The quantitative estimate of drug-likeness (QED) is 0.411. The van der Waals surface area contributed by atoms with Crippen molar-refractivity contribution < 1.29 is 23.5 Å². The first-order chi connectivity index (χ1) is 10.00. The van der Waals surface area contributed by atoms with Crippen LogP contribution < -0.4 is 0 Å². The van der Waals surface area contributed by atoms with Crippen molar-refractivity contribution >= 4 is 11.9 Å². The smallest absolute Gasteiger partial charge is 0.355 e. The van der Waals surface area contributed by atoms with Gasteiger partial charge in [-0.15, -0.1) is 0 Å². The molecular formula is C16H27FO4. The number of alkyl halides is 1. The first-order valence-corrected chi connectivity index (χ1v) is 7.86. The molecule has 0 atom stereocenters. The first-order valence-electron chi connectivity index (χ1n) is 7.86. The van der Waals surface area contributed by atoms with Crippen molar-refractivity contribution in [3.63, 3.8) is 0 Å². The maximum Gasteiger partial charge on any atom is 0.355 e. The zero-order chi connectivity index (χ0) is 15.9. The summed E-state index contributed by atoms with van der Waals surface area (Å²) in [7, 11) is 2.19. The highest BCUT2D eigenvalue weighted by molar-refractivity contribution is 6.03. The van der Waals surface area contributed by atoms with E-state index < -0.39 is 23.5 Å². The molecule has 0 aromatic rings. The lowest BCUT2D eigenvalue weighted by atomic mass is 9.73. The SMILES string of the molecule is CCCCC[C@H]1CC[C@H](C(F)(C(=O)OC)C(=O)OC)CC1. The number of ether oxygens (including phenoxy) is 2. The molecule has 0 bridgehead atoms. The minimum absolute atomic E-state index is 0.525. The Balaban J connectivity index is 2.64. The summed E-state index contributed by atoms with van der Waals surface area (Å²) in [5.74, 6) is -2.33. The highest BCUT2D eigenvalue weighted by Crippen LogP contribution is 2.40. The molecule has 0 amide bonds. The van der Waals surface area contributed by atoms with Crippen LogP contribution >= 0.6 is 0 Å². The number of esters is 2. The van der Waals surface area contributed by atoms with Gasteiger partial charge < -0.3 is 9.47 Å². The number of rotatable bonds is 7. The van der Waals surface area contributed by atoms with Gasteiger partial charge in [-0.3, -0.25) is 0 Å². The maximum absolute atomic E-state index is 14.9. The zero-order valence-corrected chi connectivity index (χ0v) is 13.3. The zero-order valence-electron chi connectivity index (χ0n) is 13.3. The van der Waals surface area contributed by atoms with Crippen LogP contribution in [0.1, 0.15) is 58.3 Å². The predicted octanol–water partition coefficient (Wildman–Crippen LogP) is 3.43. The third-order valence-corrected chi connectivity index (χ3v) is 4.59. The summed E-state index contributed by atoms with van der Waals surface area (Å²) in [4.78, 5) is 23.5. The second kappa shape index (κ2) is 8.35. The molecule has 0 aromatic carbocycles. The molecule has 1 saturated carbocycles. The Labute approximate surface area is 126 Å². The van der Waals surface area contributed by atoms with Crippen molar-refractivity contribution in [2.24, 2.45) is 11.8 Å². The van der Waals surface area contributed by atoms with Gasteiger partial charge in [-0.25, -0.2) is 14.0 Å². The van der Waals surface area contributed by atoms with E-state index >= 15 is 0 Å². The van der Waals surface area contributed by atoms with Gasteiger partial charge >= 0.3 is 17.6 Å². The standard InChI is InChI=1S/C16H27FO4/c1-4-5-6-7-12-8-10-13(11-9-12)16(17,14(18)20-2)15(19)21-3/h12-13H,4-11H2,1-3H3/t12-,13-. The van der Waals surface area contributed by atoms with Crippen LogP contribution in [-0.4, -0.2) is 31.8 Å². The number of hydrogen-bond acceptors (Lipinski definition) is 4. The molecule has 0 heterocycles. The molecule has 0 unspecified atom stereocenters. The van der Waals surface area contributed by atoms with Gasteiger partial charge in [-0.05, 0) is 18.8 Å². The van der Waals surface area contributed by atoms with Crippen LogP contribution in [0.3, 0.4) is 0 Å². The van der Waals surface area contributed by atoms with Gasteiger partial charge in [0.1, 0.15) is 0 Å². The van der Waals surface area contributed by atoms with Crippen LogP contribution in [0.4, 0.5) is 4.39 Å². The van der Waals surface area contributed by atoms with Crippen molar-refractivity contribution in [3.05, 3.63) is 0 Å². The van der Waals surface area contributed by atoms with E-state index in [4.69, 9.17) is 0 Å². The highest BCUT2D eigenvalue weighted by Gasteiger charge is 2.56.